The molecule has 0 saturated carbocycles. The molecule has 3 nitrogen and oxygen atoms in total. The predicted octanol–water partition coefficient (Wildman–Crippen LogP) is 2.81. The third-order valence-corrected chi connectivity index (χ3v) is 5.22. The second-order valence-electron chi connectivity index (χ2n) is 5.23. The van der Waals surface area contributed by atoms with Crippen LogP contribution in [0.25, 0.3) is 0 Å². The number of nitrogens with zero attached hydrogens (tertiary/aromatic N) is 2. The van der Waals surface area contributed by atoms with Crippen molar-refractivity contribution in [2.75, 3.05) is 13.1 Å². The largest absolute Gasteiger partial charge is 0.366 e. The Morgan fingerprint density at radius 2 is 2.05 bits per heavy atom. The normalized spacial score (nSPS) is 34.1. The van der Waals surface area contributed by atoms with Gasteiger partial charge in [0.2, 0.25) is 0 Å². The van der Waals surface area contributed by atoms with E-state index in [1.807, 2.05) is 30.3 Å². The molecular weight excluding hydrogens is 256 g/mol. The van der Waals surface area contributed by atoms with Gasteiger partial charge in [-0.2, -0.15) is 0 Å². The van der Waals surface area contributed by atoms with E-state index in [0.717, 1.165) is 36.7 Å². The summed E-state index contributed by atoms with van der Waals surface area (Å²) >= 11 is 1.70. The van der Waals surface area contributed by atoms with Gasteiger partial charge in [0, 0.05) is 18.7 Å². The van der Waals surface area contributed by atoms with Crippen LogP contribution in [-0.4, -0.2) is 33.5 Å². The van der Waals surface area contributed by atoms with E-state index >= 15 is 0 Å². The van der Waals surface area contributed by atoms with Crippen LogP contribution in [0.4, 0.5) is 0 Å². The Hall–Kier alpha value is -1.00. The zero-order chi connectivity index (χ0) is 13.3. The summed E-state index contributed by atoms with van der Waals surface area (Å²) in [5, 5.41) is 12.4. The van der Waals surface area contributed by atoms with Gasteiger partial charge in [0.1, 0.15) is 0 Å². The van der Waals surface area contributed by atoms with Crippen LogP contribution >= 0.6 is 11.8 Å². The van der Waals surface area contributed by atoms with Crippen molar-refractivity contribution in [3.63, 3.8) is 0 Å². The minimum Gasteiger partial charge on any atom is -0.366 e. The molecule has 0 aliphatic carbocycles. The van der Waals surface area contributed by atoms with Crippen LogP contribution in [0.15, 0.2) is 35.3 Å². The first-order chi connectivity index (χ1) is 9.23. The molecule has 0 bridgehead atoms. The number of benzene rings is 1. The first-order valence-electron chi connectivity index (χ1n) is 6.99. The number of aliphatic hydroxyl groups is 1. The lowest BCUT2D eigenvalue weighted by atomic mass is 9.97. The first-order valence-corrected chi connectivity index (χ1v) is 7.87. The monoisotopic (exact) mass is 276 g/mol. The highest BCUT2D eigenvalue weighted by Gasteiger charge is 2.50. The second kappa shape index (κ2) is 5.17. The van der Waals surface area contributed by atoms with Crippen molar-refractivity contribution in [2.24, 2.45) is 4.99 Å². The van der Waals surface area contributed by atoms with Gasteiger partial charge in [-0.1, -0.05) is 42.1 Å². The molecule has 3 rings (SSSR count). The van der Waals surface area contributed by atoms with Crippen molar-refractivity contribution in [3.8, 4) is 0 Å². The summed E-state index contributed by atoms with van der Waals surface area (Å²) in [6.45, 7) is 3.86. The standard InChI is InChI=1S/C15H20N2OS/c1-12-15(18,13-8-4-2-5-9-13)17-11-7-3-6-10-16-14(17)19-12/h2,4-5,8-9,12,18H,3,6-7,10-11H2,1H3/b16-14+. The van der Waals surface area contributed by atoms with Crippen molar-refractivity contribution in [3.05, 3.63) is 35.9 Å². The van der Waals surface area contributed by atoms with Crippen molar-refractivity contribution in [2.45, 2.75) is 37.2 Å². The summed E-state index contributed by atoms with van der Waals surface area (Å²) in [6, 6.07) is 9.99. The molecule has 2 atom stereocenters. The summed E-state index contributed by atoms with van der Waals surface area (Å²) in [4.78, 5) is 6.77. The Morgan fingerprint density at radius 3 is 2.84 bits per heavy atom. The number of rotatable bonds is 1. The van der Waals surface area contributed by atoms with Crippen LogP contribution in [0.1, 0.15) is 31.7 Å². The molecule has 1 saturated heterocycles. The average Bonchev–Trinajstić information content (AvgIpc) is 2.64. The lowest BCUT2D eigenvalue weighted by Gasteiger charge is -2.37. The molecule has 1 aromatic rings. The van der Waals surface area contributed by atoms with E-state index in [4.69, 9.17) is 0 Å². The third-order valence-electron chi connectivity index (χ3n) is 3.98. The molecule has 2 aliphatic rings. The number of thioether (sulfide) groups is 1. The quantitative estimate of drug-likeness (QED) is 0.857. The summed E-state index contributed by atoms with van der Waals surface area (Å²) < 4.78 is 0. The second-order valence-corrected chi connectivity index (χ2v) is 6.54. The first kappa shape index (κ1) is 13.0. The predicted molar refractivity (Wildman–Crippen MR) is 80.3 cm³/mol. The van der Waals surface area contributed by atoms with Gasteiger partial charge in [0.05, 0.1) is 5.25 Å². The van der Waals surface area contributed by atoms with Crippen molar-refractivity contribution >= 4 is 16.9 Å². The van der Waals surface area contributed by atoms with Crippen LogP contribution in [-0.2, 0) is 5.72 Å². The molecule has 2 unspecified atom stereocenters. The zero-order valence-electron chi connectivity index (χ0n) is 11.2. The lowest BCUT2D eigenvalue weighted by molar-refractivity contribution is -0.0681. The Balaban J connectivity index is 2.02. The third kappa shape index (κ3) is 2.17. The van der Waals surface area contributed by atoms with E-state index in [2.05, 4.69) is 16.8 Å². The molecule has 2 heterocycles. The molecule has 102 valence electrons. The maximum absolute atomic E-state index is 11.3. The Morgan fingerprint density at radius 1 is 1.26 bits per heavy atom. The van der Waals surface area contributed by atoms with E-state index < -0.39 is 5.72 Å². The fourth-order valence-corrected chi connectivity index (χ4v) is 4.13. The summed E-state index contributed by atoms with van der Waals surface area (Å²) in [5.41, 5.74) is 0.0584. The highest BCUT2D eigenvalue weighted by molar-refractivity contribution is 8.14. The van der Waals surface area contributed by atoms with Gasteiger partial charge in [0.25, 0.3) is 0 Å². The zero-order valence-corrected chi connectivity index (χ0v) is 12.1. The van der Waals surface area contributed by atoms with Crippen LogP contribution in [0.3, 0.4) is 0 Å². The van der Waals surface area contributed by atoms with E-state index in [1.165, 1.54) is 6.42 Å². The minimum atomic E-state index is -0.915. The van der Waals surface area contributed by atoms with Gasteiger partial charge in [-0.15, -0.1) is 0 Å². The van der Waals surface area contributed by atoms with E-state index in [9.17, 15) is 5.11 Å². The van der Waals surface area contributed by atoms with Gasteiger partial charge >= 0.3 is 0 Å². The molecule has 0 radical (unpaired) electrons. The highest BCUT2D eigenvalue weighted by Crippen LogP contribution is 2.45. The molecule has 0 amide bonds. The Bertz CT molecular complexity index is 476. The molecule has 0 aromatic heterocycles. The fraction of sp³-hybridized carbons (Fsp3) is 0.533. The van der Waals surface area contributed by atoms with Crippen molar-refractivity contribution in [1.29, 1.82) is 0 Å². The number of hydrogen-bond donors (Lipinski definition) is 1. The van der Waals surface area contributed by atoms with Gasteiger partial charge in [-0.25, -0.2) is 0 Å². The number of fused-ring (bicyclic) bond motifs is 1. The highest BCUT2D eigenvalue weighted by atomic mass is 32.2. The molecule has 1 aromatic carbocycles. The number of hydrogen-bond acceptors (Lipinski definition) is 4. The Labute approximate surface area is 118 Å². The van der Waals surface area contributed by atoms with Crippen molar-refractivity contribution < 1.29 is 5.11 Å². The number of aliphatic imine (C=N–C) groups is 1. The molecular formula is C15H20N2OS. The summed E-state index contributed by atoms with van der Waals surface area (Å²) in [5.74, 6) is 0. The van der Waals surface area contributed by atoms with Crippen molar-refractivity contribution in [1.82, 2.24) is 4.90 Å². The number of amidine groups is 1. The molecule has 1 N–H and O–H groups in total. The molecule has 1 fully saturated rings. The smallest absolute Gasteiger partial charge is 0.178 e. The van der Waals surface area contributed by atoms with E-state index in [-0.39, 0.29) is 5.25 Å². The van der Waals surface area contributed by atoms with E-state index in [0.29, 0.717) is 0 Å². The Kier molecular flexibility index (Phi) is 3.54. The van der Waals surface area contributed by atoms with Gasteiger partial charge in [-0.05, 0) is 26.2 Å². The van der Waals surface area contributed by atoms with Gasteiger partial charge in [-0.3, -0.25) is 4.99 Å². The maximum Gasteiger partial charge on any atom is 0.178 e. The fourth-order valence-electron chi connectivity index (χ4n) is 2.87. The average molecular weight is 276 g/mol. The van der Waals surface area contributed by atoms with Crippen LogP contribution < -0.4 is 0 Å². The summed E-state index contributed by atoms with van der Waals surface area (Å²) in [6.07, 6.45) is 3.48. The minimum absolute atomic E-state index is 0.103. The van der Waals surface area contributed by atoms with Crippen LogP contribution in [0.5, 0.6) is 0 Å². The van der Waals surface area contributed by atoms with Gasteiger partial charge in [0.15, 0.2) is 10.9 Å². The lowest BCUT2D eigenvalue weighted by Crippen LogP contribution is -2.48. The van der Waals surface area contributed by atoms with Crippen LogP contribution in [0, 0.1) is 0 Å². The topological polar surface area (TPSA) is 35.8 Å². The van der Waals surface area contributed by atoms with Gasteiger partial charge < -0.3 is 10.0 Å². The van der Waals surface area contributed by atoms with E-state index in [1.54, 1.807) is 11.8 Å². The summed E-state index contributed by atoms with van der Waals surface area (Å²) in [7, 11) is 0. The van der Waals surface area contributed by atoms with Crippen LogP contribution in [0.2, 0.25) is 0 Å². The molecule has 4 heteroatoms. The SMILES string of the molecule is CC1S/C2=N/CCCCCN2C1(O)c1ccccc1. The molecule has 2 aliphatic heterocycles. The molecule has 19 heavy (non-hydrogen) atoms. The molecule has 0 spiro atoms. The maximum atomic E-state index is 11.3.